The van der Waals surface area contributed by atoms with Gasteiger partial charge >= 0.3 is 0 Å². The molecule has 0 amide bonds. The maximum absolute atomic E-state index is 10.6. The predicted octanol–water partition coefficient (Wildman–Crippen LogP) is 4.06. The first kappa shape index (κ1) is 14.4. The van der Waals surface area contributed by atoms with Crippen molar-refractivity contribution in [2.24, 2.45) is 28.8 Å². The Morgan fingerprint density at radius 1 is 1.47 bits per heavy atom. The molecule has 0 spiro atoms. The van der Waals surface area contributed by atoms with Crippen molar-refractivity contribution in [2.45, 2.75) is 58.1 Å². The molecule has 4 heteroatoms. The fourth-order valence-corrected chi connectivity index (χ4v) is 4.20. The number of nitrogens with zero attached hydrogens (tertiary/aromatic N) is 3. The average molecular weight is 263 g/mol. The Morgan fingerprint density at radius 3 is 2.74 bits per heavy atom. The molecule has 0 radical (unpaired) electrons. The van der Waals surface area contributed by atoms with Crippen molar-refractivity contribution in [3.05, 3.63) is 22.6 Å². The summed E-state index contributed by atoms with van der Waals surface area (Å²) in [5, 5.41) is 14.6. The molecule has 106 valence electrons. The Kier molecular flexibility index (Phi) is 3.93. The number of fused-ring (bicyclic) bond motifs is 1. The molecule has 0 heterocycles. The SMILES string of the molecule is C=C1CC[C@H](C(C)C)[C@@H]2[C@@H]1CC[C@@](C)(O)[C@@H]2N=[N+]=[N-]. The average Bonchev–Trinajstić information content (AvgIpc) is 2.32. The van der Waals surface area contributed by atoms with Gasteiger partial charge in [-0.1, -0.05) is 31.1 Å². The molecule has 0 saturated heterocycles. The Hall–Kier alpha value is -0.990. The molecule has 0 bridgehead atoms. The second-order valence-corrected chi connectivity index (χ2v) is 6.83. The minimum Gasteiger partial charge on any atom is -0.390 e. The summed E-state index contributed by atoms with van der Waals surface area (Å²) >= 11 is 0. The minimum atomic E-state index is -0.877. The number of azide groups is 1. The summed E-state index contributed by atoms with van der Waals surface area (Å²) in [6.07, 6.45) is 3.85. The molecule has 4 nitrogen and oxygen atoms in total. The molecule has 19 heavy (non-hydrogen) atoms. The first-order chi connectivity index (χ1) is 8.88. The van der Waals surface area contributed by atoms with Crippen molar-refractivity contribution < 1.29 is 5.11 Å². The largest absolute Gasteiger partial charge is 0.390 e. The number of rotatable bonds is 2. The van der Waals surface area contributed by atoms with Crippen LogP contribution in [0.3, 0.4) is 0 Å². The quantitative estimate of drug-likeness (QED) is 0.347. The van der Waals surface area contributed by atoms with E-state index in [2.05, 4.69) is 30.5 Å². The van der Waals surface area contributed by atoms with E-state index < -0.39 is 5.60 Å². The molecule has 0 aromatic rings. The summed E-state index contributed by atoms with van der Waals surface area (Å²) in [6, 6.07) is -0.319. The zero-order chi connectivity index (χ0) is 14.2. The highest BCUT2D eigenvalue weighted by molar-refractivity contribution is 5.16. The van der Waals surface area contributed by atoms with Crippen molar-refractivity contribution in [3.63, 3.8) is 0 Å². The molecule has 2 aliphatic carbocycles. The molecule has 0 unspecified atom stereocenters. The van der Waals surface area contributed by atoms with E-state index in [1.165, 1.54) is 5.57 Å². The molecule has 5 atom stereocenters. The van der Waals surface area contributed by atoms with Gasteiger partial charge in [0.1, 0.15) is 0 Å². The summed E-state index contributed by atoms with van der Waals surface area (Å²) in [5.74, 6) is 1.72. The zero-order valence-corrected chi connectivity index (χ0v) is 12.2. The molecule has 0 aromatic carbocycles. The van der Waals surface area contributed by atoms with Crippen LogP contribution in [0, 0.1) is 23.7 Å². The molecule has 2 aliphatic rings. The summed E-state index contributed by atoms with van der Waals surface area (Å²) < 4.78 is 0. The van der Waals surface area contributed by atoms with Crippen molar-refractivity contribution in [1.29, 1.82) is 0 Å². The lowest BCUT2D eigenvalue weighted by molar-refractivity contribution is -0.0629. The Morgan fingerprint density at radius 2 is 2.16 bits per heavy atom. The van der Waals surface area contributed by atoms with Gasteiger partial charge in [0, 0.05) is 4.91 Å². The third-order valence-corrected chi connectivity index (χ3v) is 5.28. The standard InChI is InChI=1S/C15H25N3O/c1-9(2)11-6-5-10(3)12-7-8-15(4,19)14(13(11)12)17-18-16/h9,11-14,19H,3,5-8H2,1-2,4H3/t11-,12-,13-,14-,15-/m1/s1. The molecule has 2 saturated carbocycles. The topological polar surface area (TPSA) is 69.0 Å². The number of hydrogen-bond acceptors (Lipinski definition) is 2. The number of aliphatic hydroxyl groups is 1. The maximum Gasteiger partial charge on any atom is 0.0707 e. The van der Waals surface area contributed by atoms with Crippen LogP contribution in [0.5, 0.6) is 0 Å². The van der Waals surface area contributed by atoms with Gasteiger partial charge in [-0.3, -0.25) is 0 Å². The highest BCUT2D eigenvalue weighted by Gasteiger charge is 2.50. The van der Waals surface area contributed by atoms with Crippen LogP contribution in [-0.4, -0.2) is 16.7 Å². The lowest BCUT2D eigenvalue weighted by Gasteiger charge is -2.52. The van der Waals surface area contributed by atoms with Gasteiger partial charge in [0.2, 0.25) is 0 Å². The lowest BCUT2D eigenvalue weighted by atomic mass is 9.56. The molecular weight excluding hydrogens is 238 g/mol. The monoisotopic (exact) mass is 263 g/mol. The summed E-state index contributed by atoms with van der Waals surface area (Å²) in [7, 11) is 0. The minimum absolute atomic E-state index is 0.251. The van der Waals surface area contributed by atoms with E-state index in [9.17, 15) is 5.11 Å². The molecule has 0 aliphatic heterocycles. The van der Waals surface area contributed by atoms with Crippen LogP contribution in [0.25, 0.3) is 10.4 Å². The normalized spacial score (nSPS) is 42.7. The van der Waals surface area contributed by atoms with Gasteiger partial charge in [-0.2, -0.15) is 0 Å². The Labute approximate surface area is 115 Å². The first-order valence-electron chi connectivity index (χ1n) is 7.32. The van der Waals surface area contributed by atoms with Crippen molar-refractivity contribution in [2.75, 3.05) is 0 Å². The third-order valence-electron chi connectivity index (χ3n) is 5.28. The highest BCUT2D eigenvalue weighted by Crippen LogP contribution is 2.51. The predicted molar refractivity (Wildman–Crippen MR) is 76.5 cm³/mol. The van der Waals surface area contributed by atoms with Gasteiger partial charge in [-0.15, -0.1) is 0 Å². The summed E-state index contributed by atoms with van der Waals surface area (Å²) in [6.45, 7) is 10.5. The Bertz CT molecular complexity index is 410. The fraction of sp³-hybridized carbons (Fsp3) is 0.867. The van der Waals surface area contributed by atoms with Crippen LogP contribution in [0.1, 0.15) is 46.5 Å². The van der Waals surface area contributed by atoms with Crippen LogP contribution < -0.4 is 0 Å². The molecule has 0 aromatic heterocycles. The van der Waals surface area contributed by atoms with E-state index in [1.807, 2.05) is 6.92 Å². The van der Waals surface area contributed by atoms with Crippen LogP contribution in [0.15, 0.2) is 17.3 Å². The number of allylic oxidation sites excluding steroid dienone is 1. The van der Waals surface area contributed by atoms with E-state index in [-0.39, 0.29) is 12.0 Å². The van der Waals surface area contributed by atoms with E-state index in [0.717, 1.165) is 19.3 Å². The number of hydrogen-bond donors (Lipinski definition) is 1. The molecule has 2 fully saturated rings. The fourth-order valence-electron chi connectivity index (χ4n) is 4.20. The molecule has 2 rings (SSSR count). The van der Waals surface area contributed by atoms with Crippen LogP contribution in [-0.2, 0) is 0 Å². The second kappa shape index (κ2) is 5.18. The van der Waals surface area contributed by atoms with Gasteiger partial charge in [0.15, 0.2) is 0 Å². The smallest absolute Gasteiger partial charge is 0.0707 e. The van der Waals surface area contributed by atoms with Crippen LogP contribution in [0.2, 0.25) is 0 Å². The first-order valence-corrected chi connectivity index (χ1v) is 7.32. The molecular formula is C15H25N3O. The van der Waals surface area contributed by atoms with E-state index >= 15 is 0 Å². The summed E-state index contributed by atoms with van der Waals surface area (Å²) in [5.41, 5.74) is 9.27. The van der Waals surface area contributed by atoms with Crippen LogP contribution in [0.4, 0.5) is 0 Å². The molecule has 1 N–H and O–H groups in total. The van der Waals surface area contributed by atoms with Gasteiger partial charge in [0.05, 0.1) is 11.6 Å². The van der Waals surface area contributed by atoms with Crippen molar-refractivity contribution in [1.82, 2.24) is 0 Å². The Balaban J connectivity index is 2.40. The van der Waals surface area contributed by atoms with Crippen LogP contribution >= 0.6 is 0 Å². The van der Waals surface area contributed by atoms with Gasteiger partial charge < -0.3 is 5.11 Å². The lowest BCUT2D eigenvalue weighted by Crippen LogP contribution is -2.54. The van der Waals surface area contributed by atoms with Gasteiger partial charge in [0.25, 0.3) is 0 Å². The van der Waals surface area contributed by atoms with E-state index in [1.54, 1.807) is 0 Å². The third kappa shape index (κ3) is 2.52. The maximum atomic E-state index is 10.6. The van der Waals surface area contributed by atoms with Crippen molar-refractivity contribution in [3.8, 4) is 0 Å². The zero-order valence-electron chi connectivity index (χ0n) is 12.2. The van der Waals surface area contributed by atoms with Crippen molar-refractivity contribution >= 4 is 0 Å². The van der Waals surface area contributed by atoms with E-state index in [4.69, 9.17) is 5.53 Å². The summed E-state index contributed by atoms with van der Waals surface area (Å²) in [4.78, 5) is 3.00. The van der Waals surface area contributed by atoms with Gasteiger partial charge in [-0.25, -0.2) is 0 Å². The van der Waals surface area contributed by atoms with E-state index in [0.29, 0.717) is 24.2 Å². The highest BCUT2D eigenvalue weighted by atomic mass is 16.3. The second-order valence-electron chi connectivity index (χ2n) is 6.83. The van der Waals surface area contributed by atoms with Gasteiger partial charge in [-0.05, 0) is 61.8 Å².